The van der Waals surface area contributed by atoms with Crippen molar-refractivity contribution in [3.8, 4) is 5.75 Å². The van der Waals surface area contributed by atoms with Crippen molar-refractivity contribution in [1.82, 2.24) is 9.97 Å². The van der Waals surface area contributed by atoms with E-state index in [1.54, 1.807) is 0 Å². The van der Waals surface area contributed by atoms with Crippen molar-refractivity contribution in [1.29, 1.82) is 0 Å². The van der Waals surface area contributed by atoms with Gasteiger partial charge in [0.25, 0.3) is 5.91 Å². The summed E-state index contributed by atoms with van der Waals surface area (Å²) in [6, 6.07) is 2.52. The van der Waals surface area contributed by atoms with E-state index in [1.165, 1.54) is 26.0 Å². The molecule has 14 heteroatoms. The fourth-order valence-corrected chi connectivity index (χ4v) is 7.03. The number of nitrogens with one attached hydrogen (secondary N) is 1. The number of pyridine rings is 2. The Bertz CT molecular complexity index is 1240. The molecule has 1 fully saturated rings. The van der Waals surface area contributed by atoms with Crippen LogP contribution in [0.4, 0.5) is 23.2 Å². The molecular weight excluding hydrogens is 506 g/mol. The van der Waals surface area contributed by atoms with Gasteiger partial charge in [0.1, 0.15) is 27.6 Å². The first-order chi connectivity index (χ1) is 16.7. The second-order valence-corrected chi connectivity index (χ2v) is 11.6. The van der Waals surface area contributed by atoms with Gasteiger partial charge in [-0.25, -0.2) is 9.97 Å². The zero-order valence-corrected chi connectivity index (χ0v) is 20.2. The van der Waals surface area contributed by atoms with E-state index in [4.69, 9.17) is 5.73 Å². The summed E-state index contributed by atoms with van der Waals surface area (Å²) in [5.41, 5.74) is 4.85. The van der Waals surface area contributed by atoms with E-state index >= 15 is 0 Å². The SMILES string of the molecule is Cc1cc(OCC(F)(F)F)cnc1C(=O)Nc1cnc(F)c([C@]2(C)CS(O)(O)C3(CCC3)C(N)=N2)c1. The normalized spacial score (nSPS) is 23.4. The van der Waals surface area contributed by atoms with Crippen molar-refractivity contribution in [3.63, 3.8) is 0 Å². The highest BCUT2D eigenvalue weighted by molar-refractivity contribution is 8.26. The van der Waals surface area contributed by atoms with E-state index < -0.39 is 45.5 Å². The Kier molecular flexibility index (Phi) is 6.42. The molecule has 1 amide bonds. The van der Waals surface area contributed by atoms with Crippen molar-refractivity contribution in [3.05, 3.63) is 47.3 Å². The highest BCUT2D eigenvalue weighted by Crippen LogP contribution is 2.66. The monoisotopic (exact) mass is 531 g/mol. The van der Waals surface area contributed by atoms with Crippen LogP contribution >= 0.6 is 10.6 Å². The zero-order valence-electron chi connectivity index (χ0n) is 19.4. The number of alkyl halides is 3. The lowest BCUT2D eigenvalue weighted by Crippen LogP contribution is -2.59. The molecule has 0 radical (unpaired) electrons. The third-order valence-electron chi connectivity index (χ3n) is 6.45. The van der Waals surface area contributed by atoms with Crippen molar-refractivity contribution >= 4 is 28.0 Å². The van der Waals surface area contributed by atoms with Crippen LogP contribution < -0.4 is 15.8 Å². The van der Waals surface area contributed by atoms with Crippen molar-refractivity contribution in [2.24, 2.45) is 10.7 Å². The Morgan fingerprint density at radius 1 is 1.25 bits per heavy atom. The summed E-state index contributed by atoms with van der Waals surface area (Å²) in [6.07, 6.45) is -0.703. The molecule has 0 unspecified atom stereocenters. The number of aryl methyl sites for hydroxylation is 1. The Hall–Kier alpha value is -2.97. The van der Waals surface area contributed by atoms with Gasteiger partial charge in [-0.15, -0.1) is 0 Å². The van der Waals surface area contributed by atoms with Gasteiger partial charge in [0.05, 0.1) is 23.8 Å². The summed E-state index contributed by atoms with van der Waals surface area (Å²) in [5.74, 6) is -1.98. The number of nitrogens with zero attached hydrogens (tertiary/aromatic N) is 3. The van der Waals surface area contributed by atoms with Crippen molar-refractivity contribution in [2.75, 3.05) is 17.7 Å². The first-order valence-electron chi connectivity index (χ1n) is 10.9. The minimum atomic E-state index is -4.52. The second-order valence-electron chi connectivity index (χ2n) is 9.19. The third kappa shape index (κ3) is 4.72. The van der Waals surface area contributed by atoms with Crippen LogP contribution in [0.1, 0.15) is 47.8 Å². The minimum absolute atomic E-state index is 0.0593. The van der Waals surface area contributed by atoms with Gasteiger partial charge in [0.2, 0.25) is 5.95 Å². The van der Waals surface area contributed by atoms with Crippen molar-refractivity contribution < 1.29 is 36.2 Å². The number of amides is 1. The summed E-state index contributed by atoms with van der Waals surface area (Å²) in [7, 11) is -3.24. The van der Waals surface area contributed by atoms with E-state index in [0.29, 0.717) is 12.8 Å². The molecule has 36 heavy (non-hydrogen) atoms. The first-order valence-corrected chi connectivity index (χ1v) is 12.6. The lowest BCUT2D eigenvalue weighted by Gasteiger charge is -2.60. The van der Waals surface area contributed by atoms with Crippen LogP contribution in [-0.2, 0) is 5.54 Å². The largest absolute Gasteiger partial charge is 0.482 e. The fourth-order valence-electron chi connectivity index (χ4n) is 4.43. The maximum Gasteiger partial charge on any atom is 0.422 e. The Balaban J connectivity index is 1.57. The molecular formula is C22H25F4N5O4S. The maximum absolute atomic E-state index is 14.8. The number of aliphatic imine (C=N–C) groups is 1. The summed E-state index contributed by atoms with van der Waals surface area (Å²) >= 11 is 0. The van der Waals surface area contributed by atoms with Gasteiger partial charge in [0.15, 0.2) is 6.61 Å². The number of rotatable bonds is 5. The molecule has 196 valence electrons. The lowest BCUT2D eigenvalue weighted by molar-refractivity contribution is -0.153. The number of aromatic nitrogens is 2. The molecule has 9 nitrogen and oxygen atoms in total. The highest BCUT2D eigenvalue weighted by atomic mass is 32.3. The molecule has 2 aromatic heterocycles. The quantitative estimate of drug-likeness (QED) is 0.331. The minimum Gasteiger partial charge on any atom is -0.482 e. The molecule has 2 aliphatic rings. The van der Waals surface area contributed by atoms with Gasteiger partial charge >= 0.3 is 6.18 Å². The van der Waals surface area contributed by atoms with Crippen LogP contribution in [0.5, 0.6) is 5.75 Å². The van der Waals surface area contributed by atoms with Gasteiger partial charge in [-0.2, -0.15) is 28.2 Å². The second kappa shape index (κ2) is 8.85. The van der Waals surface area contributed by atoms with Gasteiger partial charge in [-0.3, -0.25) is 18.9 Å². The zero-order chi connectivity index (χ0) is 26.5. The Morgan fingerprint density at radius 2 is 1.94 bits per heavy atom. The van der Waals surface area contributed by atoms with Crippen LogP contribution in [0.3, 0.4) is 0 Å². The number of anilines is 1. The molecule has 0 bridgehead atoms. The summed E-state index contributed by atoms with van der Waals surface area (Å²) in [6.45, 7) is 1.48. The van der Waals surface area contributed by atoms with Gasteiger partial charge in [-0.1, -0.05) is 0 Å². The molecule has 5 N–H and O–H groups in total. The molecule has 0 saturated heterocycles. The van der Waals surface area contributed by atoms with Crippen LogP contribution in [0.2, 0.25) is 0 Å². The molecule has 1 spiro atoms. The van der Waals surface area contributed by atoms with Gasteiger partial charge in [-0.05, 0) is 50.8 Å². The fraction of sp³-hybridized carbons (Fsp3) is 0.455. The van der Waals surface area contributed by atoms with Crippen molar-refractivity contribution in [2.45, 2.75) is 49.6 Å². The average molecular weight is 532 g/mol. The number of amidine groups is 1. The number of hydrogen-bond donors (Lipinski definition) is 4. The Morgan fingerprint density at radius 3 is 2.50 bits per heavy atom. The van der Waals surface area contributed by atoms with E-state index in [9.17, 15) is 31.5 Å². The smallest absolute Gasteiger partial charge is 0.422 e. The Labute approximate surface area is 205 Å². The summed E-state index contributed by atoms with van der Waals surface area (Å²) in [4.78, 5) is 24.8. The predicted octanol–water partition coefficient (Wildman–Crippen LogP) is 4.38. The molecule has 0 aromatic carbocycles. The van der Waals surface area contributed by atoms with Crippen LogP contribution in [0.25, 0.3) is 0 Å². The molecule has 1 saturated carbocycles. The molecule has 4 rings (SSSR count). The first kappa shape index (κ1) is 26.1. The number of hydrogen-bond acceptors (Lipinski definition) is 8. The molecule has 1 atom stereocenters. The molecule has 2 aromatic rings. The topological polar surface area (TPSA) is 143 Å². The molecule has 3 heterocycles. The van der Waals surface area contributed by atoms with E-state index in [2.05, 4.69) is 25.0 Å². The average Bonchev–Trinajstić information content (AvgIpc) is 2.70. The number of ether oxygens (including phenoxy) is 1. The predicted molar refractivity (Wildman–Crippen MR) is 126 cm³/mol. The number of halogens is 4. The molecule has 1 aliphatic carbocycles. The summed E-state index contributed by atoms with van der Waals surface area (Å²) in [5, 5.41) is 2.52. The van der Waals surface area contributed by atoms with E-state index in [0.717, 1.165) is 18.8 Å². The number of nitrogens with two attached hydrogens (primary N) is 1. The highest BCUT2D eigenvalue weighted by Gasteiger charge is 2.57. The third-order valence-corrected chi connectivity index (χ3v) is 9.28. The van der Waals surface area contributed by atoms with Gasteiger partial charge in [0, 0.05) is 5.56 Å². The van der Waals surface area contributed by atoms with E-state index in [-0.39, 0.29) is 39.8 Å². The summed E-state index contributed by atoms with van der Waals surface area (Å²) < 4.78 is 77.3. The van der Waals surface area contributed by atoms with Gasteiger partial charge < -0.3 is 15.8 Å². The molecule has 1 aliphatic heterocycles. The van der Waals surface area contributed by atoms with E-state index in [1.807, 2.05) is 0 Å². The lowest BCUT2D eigenvalue weighted by atomic mass is 9.82. The van der Waals surface area contributed by atoms with Crippen LogP contribution in [0.15, 0.2) is 29.5 Å². The maximum atomic E-state index is 14.8. The number of carbonyl (C=O) groups is 1. The number of carbonyl (C=O) groups excluding carboxylic acids is 1. The van der Waals surface area contributed by atoms with Crippen LogP contribution in [0, 0.1) is 12.9 Å². The van der Waals surface area contributed by atoms with Crippen LogP contribution in [-0.4, -0.2) is 54.1 Å². The standard InChI is InChI=1S/C22H25F4N5O4S/c1-12-6-14(35-10-22(24,25)26)9-28-16(12)18(32)30-13-7-15(17(23)29-8-13)20(2)11-36(33,34)21(4-3-5-21)19(27)31-20/h6-9,33-34H,3-5,10-11H2,1-2H3,(H2,27,31)(H,30,32)/t20-/m0/s1.